The molecule has 0 spiro atoms. The third-order valence-electron chi connectivity index (χ3n) is 3.39. The van der Waals surface area contributed by atoms with Crippen molar-refractivity contribution in [3.63, 3.8) is 0 Å². The first-order valence-electron chi connectivity index (χ1n) is 7.44. The minimum Gasteiger partial charge on any atom is -0.496 e. The van der Waals surface area contributed by atoms with E-state index in [0.717, 1.165) is 0 Å². The van der Waals surface area contributed by atoms with E-state index in [1.54, 1.807) is 19.2 Å². The van der Waals surface area contributed by atoms with Crippen LogP contribution in [0.1, 0.15) is 0 Å². The third kappa shape index (κ3) is 3.86. The molecule has 25 heavy (non-hydrogen) atoms. The molecule has 0 fully saturated rings. The van der Waals surface area contributed by atoms with Crippen LogP contribution in [0.5, 0.6) is 5.75 Å². The van der Waals surface area contributed by atoms with Gasteiger partial charge in [0.15, 0.2) is 0 Å². The number of amides is 1. The summed E-state index contributed by atoms with van der Waals surface area (Å²) in [7, 11) is 1.55. The number of rotatable bonds is 5. The molecule has 126 valence electrons. The molecule has 2 aromatic heterocycles. The van der Waals surface area contributed by atoms with Gasteiger partial charge in [-0.15, -0.1) is 0 Å². The Balaban J connectivity index is 1.78. The molecule has 0 aliphatic heterocycles. The predicted molar refractivity (Wildman–Crippen MR) is 91.1 cm³/mol. The molecule has 0 atom stereocenters. The summed E-state index contributed by atoms with van der Waals surface area (Å²) in [5.74, 6) is 0.380. The Kier molecular flexibility index (Phi) is 4.79. The van der Waals surface area contributed by atoms with Crippen molar-refractivity contribution < 1.29 is 9.53 Å². The molecule has 0 radical (unpaired) electrons. The van der Waals surface area contributed by atoms with Gasteiger partial charge in [0.25, 0.3) is 5.56 Å². The van der Waals surface area contributed by atoms with Crippen LogP contribution in [0.2, 0.25) is 0 Å². The first kappa shape index (κ1) is 16.3. The third-order valence-corrected chi connectivity index (χ3v) is 3.39. The molecule has 0 bridgehead atoms. The zero-order chi connectivity index (χ0) is 17.6. The van der Waals surface area contributed by atoms with Crippen LogP contribution in [0.15, 0.2) is 59.9 Å². The topological polar surface area (TPSA) is 99.0 Å². The minimum absolute atomic E-state index is 0.180. The van der Waals surface area contributed by atoms with Crippen LogP contribution in [0.4, 0.5) is 5.95 Å². The molecule has 1 aromatic carbocycles. The molecule has 0 saturated carbocycles. The molecule has 0 saturated heterocycles. The first-order valence-corrected chi connectivity index (χ1v) is 7.44. The zero-order valence-electron chi connectivity index (χ0n) is 13.4. The first-order chi connectivity index (χ1) is 12.2. The summed E-state index contributed by atoms with van der Waals surface area (Å²) >= 11 is 0. The van der Waals surface area contributed by atoms with Gasteiger partial charge in [-0.25, -0.2) is 15.0 Å². The van der Waals surface area contributed by atoms with Crippen molar-refractivity contribution in [2.45, 2.75) is 6.54 Å². The van der Waals surface area contributed by atoms with E-state index in [1.807, 2.05) is 18.2 Å². The summed E-state index contributed by atoms with van der Waals surface area (Å²) in [6.45, 7) is -0.184. The molecule has 3 rings (SSSR count). The fourth-order valence-corrected chi connectivity index (χ4v) is 2.23. The van der Waals surface area contributed by atoms with E-state index in [-0.39, 0.29) is 18.1 Å². The van der Waals surface area contributed by atoms with Crippen LogP contribution in [-0.2, 0) is 11.3 Å². The Bertz CT molecular complexity index is 940. The Morgan fingerprint density at radius 2 is 1.92 bits per heavy atom. The fourth-order valence-electron chi connectivity index (χ4n) is 2.23. The second-order valence-corrected chi connectivity index (χ2v) is 5.06. The molecule has 8 heteroatoms. The second-order valence-electron chi connectivity index (χ2n) is 5.06. The molecule has 0 unspecified atom stereocenters. The summed E-state index contributed by atoms with van der Waals surface area (Å²) in [4.78, 5) is 36.3. The van der Waals surface area contributed by atoms with E-state index in [1.165, 1.54) is 29.4 Å². The highest BCUT2D eigenvalue weighted by atomic mass is 16.5. The lowest BCUT2D eigenvalue weighted by molar-refractivity contribution is -0.116. The lowest BCUT2D eigenvalue weighted by Crippen LogP contribution is -2.28. The van der Waals surface area contributed by atoms with Crippen LogP contribution in [-0.4, -0.2) is 32.5 Å². The molecule has 8 nitrogen and oxygen atoms in total. The number of carbonyl (C=O) groups is 1. The van der Waals surface area contributed by atoms with Crippen molar-refractivity contribution in [3.05, 3.63) is 65.5 Å². The standard InChI is InChI=1S/C17H15N5O3/c1-25-14-6-3-2-5-12(14)13-9-16(24)22(11-20-13)10-15(23)21-17-18-7-4-8-19-17/h2-9,11H,10H2,1H3,(H,18,19,21,23). The molecule has 1 N–H and O–H groups in total. The number of ether oxygens (including phenoxy) is 1. The Labute approximate surface area is 143 Å². The highest BCUT2D eigenvalue weighted by Crippen LogP contribution is 2.26. The van der Waals surface area contributed by atoms with Crippen molar-refractivity contribution >= 4 is 11.9 Å². The van der Waals surface area contributed by atoms with Gasteiger partial charge in [-0.1, -0.05) is 12.1 Å². The smallest absolute Gasteiger partial charge is 0.254 e. The Morgan fingerprint density at radius 3 is 2.64 bits per heavy atom. The van der Waals surface area contributed by atoms with Crippen molar-refractivity contribution in [2.75, 3.05) is 12.4 Å². The van der Waals surface area contributed by atoms with Crippen molar-refractivity contribution in [1.82, 2.24) is 19.5 Å². The zero-order valence-corrected chi connectivity index (χ0v) is 13.4. The number of methoxy groups -OCH3 is 1. The molecule has 1 amide bonds. The van der Waals surface area contributed by atoms with E-state index in [0.29, 0.717) is 17.0 Å². The number of nitrogens with one attached hydrogen (secondary N) is 1. The number of anilines is 1. The van der Waals surface area contributed by atoms with Crippen molar-refractivity contribution in [3.8, 4) is 17.0 Å². The monoisotopic (exact) mass is 337 g/mol. The summed E-state index contributed by atoms with van der Waals surface area (Å²) in [6.07, 6.45) is 4.35. The largest absolute Gasteiger partial charge is 0.496 e. The Hall–Kier alpha value is -3.55. The van der Waals surface area contributed by atoms with Gasteiger partial charge in [-0.05, 0) is 18.2 Å². The molecular weight excluding hydrogens is 322 g/mol. The fraction of sp³-hybridized carbons (Fsp3) is 0.118. The SMILES string of the molecule is COc1ccccc1-c1cc(=O)n(CC(=O)Nc2ncccn2)cn1. The number of nitrogens with zero attached hydrogens (tertiary/aromatic N) is 4. The number of hydrogen-bond donors (Lipinski definition) is 1. The normalized spacial score (nSPS) is 10.3. The maximum atomic E-state index is 12.3. The summed E-state index contributed by atoms with van der Waals surface area (Å²) in [5, 5.41) is 2.51. The molecular formula is C17H15N5O3. The maximum absolute atomic E-state index is 12.3. The van der Waals surface area contributed by atoms with Gasteiger partial charge in [0.05, 0.1) is 19.1 Å². The lowest BCUT2D eigenvalue weighted by Gasteiger charge is -2.09. The summed E-state index contributed by atoms with van der Waals surface area (Å²) < 4.78 is 6.48. The van der Waals surface area contributed by atoms with Gasteiger partial charge in [-0.2, -0.15) is 0 Å². The lowest BCUT2D eigenvalue weighted by atomic mass is 10.1. The quantitative estimate of drug-likeness (QED) is 0.754. The number of aromatic nitrogens is 4. The average Bonchev–Trinajstić information content (AvgIpc) is 2.64. The molecule has 2 heterocycles. The van der Waals surface area contributed by atoms with Crippen molar-refractivity contribution in [1.29, 1.82) is 0 Å². The predicted octanol–water partition coefficient (Wildman–Crippen LogP) is 1.35. The van der Waals surface area contributed by atoms with Crippen LogP contribution in [0.3, 0.4) is 0 Å². The van der Waals surface area contributed by atoms with Gasteiger partial charge in [0.1, 0.15) is 12.3 Å². The molecule has 0 aliphatic rings. The van der Waals surface area contributed by atoms with Crippen molar-refractivity contribution in [2.24, 2.45) is 0 Å². The second kappa shape index (κ2) is 7.35. The molecule has 3 aromatic rings. The van der Waals surface area contributed by atoms with E-state index in [4.69, 9.17) is 4.74 Å². The van der Waals surface area contributed by atoms with Crippen LogP contribution < -0.4 is 15.6 Å². The van der Waals surface area contributed by atoms with Crippen LogP contribution in [0, 0.1) is 0 Å². The number of benzene rings is 1. The number of hydrogen-bond acceptors (Lipinski definition) is 6. The highest BCUT2D eigenvalue weighted by molar-refractivity contribution is 5.88. The van der Waals surface area contributed by atoms with Gasteiger partial charge < -0.3 is 4.74 Å². The van der Waals surface area contributed by atoms with E-state index in [9.17, 15) is 9.59 Å². The van der Waals surface area contributed by atoms with E-state index in [2.05, 4.69) is 20.3 Å². The van der Waals surface area contributed by atoms with Gasteiger partial charge in [0.2, 0.25) is 11.9 Å². The Morgan fingerprint density at radius 1 is 1.16 bits per heavy atom. The van der Waals surface area contributed by atoms with E-state index >= 15 is 0 Å². The summed E-state index contributed by atoms with van der Waals surface area (Å²) in [5.41, 5.74) is 0.835. The highest BCUT2D eigenvalue weighted by Gasteiger charge is 2.10. The maximum Gasteiger partial charge on any atom is 0.254 e. The minimum atomic E-state index is -0.417. The number of para-hydroxylation sites is 1. The number of carbonyl (C=O) groups excluding carboxylic acids is 1. The van der Waals surface area contributed by atoms with Crippen LogP contribution in [0.25, 0.3) is 11.3 Å². The van der Waals surface area contributed by atoms with Gasteiger partial charge in [-0.3, -0.25) is 19.5 Å². The van der Waals surface area contributed by atoms with Gasteiger partial charge >= 0.3 is 0 Å². The van der Waals surface area contributed by atoms with Crippen LogP contribution >= 0.6 is 0 Å². The summed E-state index contributed by atoms with van der Waals surface area (Å²) in [6, 6.07) is 10.3. The average molecular weight is 337 g/mol. The van der Waals surface area contributed by atoms with E-state index < -0.39 is 5.91 Å². The van der Waals surface area contributed by atoms with Gasteiger partial charge in [0, 0.05) is 24.0 Å². The molecule has 0 aliphatic carbocycles.